The quantitative estimate of drug-likeness (QED) is 0.251. The summed E-state index contributed by atoms with van der Waals surface area (Å²) in [6.07, 6.45) is 0.759. The molecule has 1 saturated heterocycles. The third kappa shape index (κ3) is 6.40. The van der Waals surface area contributed by atoms with E-state index >= 15 is 0 Å². The number of nitrogens with zero attached hydrogens (tertiary/aromatic N) is 3. The summed E-state index contributed by atoms with van der Waals surface area (Å²) < 4.78 is 27.8. The van der Waals surface area contributed by atoms with Crippen molar-refractivity contribution in [3.63, 3.8) is 0 Å². The number of benzene rings is 4. The first-order valence-corrected chi connectivity index (χ1v) is 16.1. The first-order valence-electron chi connectivity index (χ1n) is 14.6. The number of amides is 2. The Hall–Kier alpha value is -4.05. The van der Waals surface area contributed by atoms with Gasteiger partial charge in [0, 0.05) is 43.3 Å². The van der Waals surface area contributed by atoms with E-state index in [2.05, 4.69) is 15.1 Å². The fourth-order valence-corrected chi connectivity index (χ4v) is 7.26. The van der Waals surface area contributed by atoms with Crippen LogP contribution in [-0.2, 0) is 17.3 Å². The van der Waals surface area contributed by atoms with E-state index in [0.29, 0.717) is 43.9 Å². The highest BCUT2D eigenvalue weighted by molar-refractivity contribution is 7.85. The van der Waals surface area contributed by atoms with Gasteiger partial charge in [0.05, 0.1) is 44.1 Å². The van der Waals surface area contributed by atoms with Crippen molar-refractivity contribution in [2.24, 2.45) is 0 Å². The van der Waals surface area contributed by atoms with E-state index in [9.17, 15) is 18.2 Å². The molecule has 7 nitrogen and oxygen atoms in total. The van der Waals surface area contributed by atoms with Crippen molar-refractivity contribution >= 4 is 45.6 Å². The van der Waals surface area contributed by atoms with Gasteiger partial charge in [-0.05, 0) is 73.1 Å². The summed E-state index contributed by atoms with van der Waals surface area (Å²) in [5.41, 5.74) is 2.64. The van der Waals surface area contributed by atoms with Gasteiger partial charge in [0.2, 0.25) is 0 Å². The highest BCUT2D eigenvalue weighted by atomic mass is 35.5. The smallest absolute Gasteiger partial charge is 0.259 e. The Labute approximate surface area is 263 Å². The zero-order valence-corrected chi connectivity index (χ0v) is 25.6. The van der Waals surface area contributed by atoms with E-state index in [1.165, 1.54) is 6.07 Å². The van der Waals surface area contributed by atoms with Gasteiger partial charge in [0.1, 0.15) is 5.82 Å². The Bertz CT molecular complexity index is 1730. The molecule has 0 unspecified atom stereocenters. The predicted molar refractivity (Wildman–Crippen MR) is 172 cm³/mol. The number of piperazine rings is 1. The molecular weight excluding hydrogens is 599 g/mol. The van der Waals surface area contributed by atoms with E-state index in [1.54, 1.807) is 65.6 Å². The monoisotopic (exact) mass is 630 g/mol. The fraction of sp³-hybridized carbons (Fsp3) is 0.235. The molecule has 0 spiro atoms. The second-order valence-electron chi connectivity index (χ2n) is 10.9. The number of rotatable bonds is 8. The maximum absolute atomic E-state index is 14.1. The minimum absolute atomic E-state index is 0.200. The third-order valence-electron chi connectivity index (χ3n) is 8.01. The minimum Gasteiger partial charge on any atom is -0.367 e. The average molecular weight is 631 g/mol. The second kappa shape index (κ2) is 13.3. The lowest BCUT2D eigenvalue weighted by Gasteiger charge is -2.36. The molecule has 1 atom stereocenters. The summed E-state index contributed by atoms with van der Waals surface area (Å²) in [5, 5.41) is 3.54. The van der Waals surface area contributed by atoms with Crippen LogP contribution in [0, 0.1) is 5.82 Å². The molecule has 4 aromatic carbocycles. The Morgan fingerprint density at radius 1 is 0.864 bits per heavy atom. The number of hydrogen-bond acceptors (Lipinski definition) is 5. The third-order valence-corrected chi connectivity index (χ3v) is 9.74. The molecular formula is C34H32ClFN4O3S. The van der Waals surface area contributed by atoms with Crippen molar-refractivity contribution in [2.45, 2.75) is 22.8 Å². The van der Waals surface area contributed by atoms with Crippen molar-refractivity contribution in [1.29, 1.82) is 0 Å². The Balaban J connectivity index is 1.12. The van der Waals surface area contributed by atoms with Crippen LogP contribution in [0.25, 0.3) is 0 Å². The van der Waals surface area contributed by atoms with Crippen LogP contribution < -0.4 is 15.1 Å². The number of carbonyl (C=O) groups is 2. The zero-order chi connectivity index (χ0) is 30.6. The lowest BCUT2D eigenvalue weighted by atomic mass is 10.1. The van der Waals surface area contributed by atoms with Crippen molar-refractivity contribution < 1.29 is 18.2 Å². The molecule has 2 heterocycles. The number of fused-ring (bicyclic) bond motifs is 2. The number of para-hydroxylation sites is 1. The largest absolute Gasteiger partial charge is 0.367 e. The van der Waals surface area contributed by atoms with Gasteiger partial charge >= 0.3 is 0 Å². The summed E-state index contributed by atoms with van der Waals surface area (Å²) in [6.45, 7) is 4.64. The van der Waals surface area contributed by atoms with Gasteiger partial charge in [-0.25, -0.2) is 8.60 Å². The molecule has 2 amide bonds. The summed E-state index contributed by atoms with van der Waals surface area (Å²) in [5.74, 6) is -0.755. The lowest BCUT2D eigenvalue weighted by Crippen LogP contribution is -2.47. The molecule has 0 aliphatic carbocycles. The molecule has 226 valence electrons. The van der Waals surface area contributed by atoms with Gasteiger partial charge in [-0.3, -0.25) is 14.5 Å². The first-order chi connectivity index (χ1) is 21.4. The molecule has 2 aliphatic heterocycles. The van der Waals surface area contributed by atoms with Crippen LogP contribution in [-0.4, -0.2) is 60.2 Å². The van der Waals surface area contributed by atoms with Crippen LogP contribution in [0.5, 0.6) is 0 Å². The van der Waals surface area contributed by atoms with Crippen molar-refractivity contribution in [2.75, 3.05) is 49.1 Å². The first kappa shape index (κ1) is 30.0. The molecule has 44 heavy (non-hydrogen) atoms. The topological polar surface area (TPSA) is 73.0 Å². The van der Waals surface area contributed by atoms with Crippen LogP contribution in [0.4, 0.5) is 15.8 Å². The van der Waals surface area contributed by atoms with Crippen LogP contribution in [0.15, 0.2) is 101 Å². The van der Waals surface area contributed by atoms with E-state index < -0.39 is 10.8 Å². The molecule has 0 aromatic heterocycles. The molecule has 0 radical (unpaired) electrons. The van der Waals surface area contributed by atoms with Gasteiger partial charge in [-0.1, -0.05) is 48.0 Å². The molecule has 2 aliphatic rings. The maximum atomic E-state index is 14.1. The van der Waals surface area contributed by atoms with Crippen LogP contribution >= 0.6 is 11.6 Å². The van der Waals surface area contributed by atoms with Gasteiger partial charge in [0.25, 0.3) is 11.8 Å². The summed E-state index contributed by atoms with van der Waals surface area (Å²) in [4.78, 5) is 33.9. The molecule has 0 saturated carbocycles. The van der Waals surface area contributed by atoms with Gasteiger partial charge in [0.15, 0.2) is 0 Å². The Kier molecular flexibility index (Phi) is 9.07. The predicted octanol–water partition coefficient (Wildman–Crippen LogP) is 5.75. The van der Waals surface area contributed by atoms with Crippen LogP contribution in [0.2, 0.25) is 5.02 Å². The standard InChI is InChI=1S/C34H32ClFN4O3S/c35-26-8-5-7-24(21-26)23-40-30-22-25(13-14-32(30)44(43)31-12-4-1-9-27(31)34(40)42)33(41)37-15-6-16-38-17-19-39(20-18-38)29-11-3-2-10-28(29)36/h1-5,7-14,21-22H,6,15-20,23H2,(H,37,41)/t44-/m1/s1. The lowest BCUT2D eigenvalue weighted by molar-refractivity contribution is 0.0948. The van der Waals surface area contributed by atoms with E-state index in [-0.39, 0.29) is 24.2 Å². The van der Waals surface area contributed by atoms with Gasteiger partial charge in [-0.15, -0.1) is 0 Å². The minimum atomic E-state index is -1.61. The zero-order valence-electron chi connectivity index (χ0n) is 24.0. The van der Waals surface area contributed by atoms with Gasteiger partial charge in [-0.2, -0.15) is 0 Å². The van der Waals surface area contributed by atoms with E-state index in [0.717, 1.165) is 44.7 Å². The Morgan fingerprint density at radius 2 is 1.64 bits per heavy atom. The van der Waals surface area contributed by atoms with Crippen molar-refractivity contribution in [3.8, 4) is 0 Å². The molecule has 1 N–H and O–H groups in total. The summed E-state index contributed by atoms with van der Waals surface area (Å²) in [6, 6.07) is 26.0. The molecule has 1 fully saturated rings. The summed E-state index contributed by atoms with van der Waals surface area (Å²) in [7, 11) is -1.61. The van der Waals surface area contributed by atoms with Crippen molar-refractivity contribution in [1.82, 2.24) is 10.2 Å². The normalized spacial score (nSPS) is 16.7. The number of hydrogen-bond donors (Lipinski definition) is 1. The average Bonchev–Trinajstić information content (AvgIpc) is 3.13. The second-order valence-corrected chi connectivity index (χ2v) is 12.7. The molecule has 0 bridgehead atoms. The fourth-order valence-electron chi connectivity index (χ4n) is 5.71. The van der Waals surface area contributed by atoms with Crippen LogP contribution in [0.1, 0.15) is 32.7 Å². The molecule has 4 aromatic rings. The maximum Gasteiger partial charge on any atom is 0.259 e. The molecule has 6 rings (SSSR count). The highest BCUT2D eigenvalue weighted by Crippen LogP contribution is 2.36. The van der Waals surface area contributed by atoms with E-state index in [4.69, 9.17) is 11.6 Å². The number of halogens is 2. The Morgan fingerprint density at radius 3 is 2.43 bits per heavy atom. The number of carbonyl (C=O) groups excluding carboxylic acids is 2. The van der Waals surface area contributed by atoms with Crippen molar-refractivity contribution in [3.05, 3.63) is 119 Å². The van der Waals surface area contributed by atoms with Gasteiger partial charge < -0.3 is 15.1 Å². The molecule has 10 heteroatoms. The van der Waals surface area contributed by atoms with Crippen LogP contribution in [0.3, 0.4) is 0 Å². The number of anilines is 2. The number of nitrogens with one attached hydrogen (secondary N) is 1. The SMILES string of the molecule is O=C(NCCCN1CCN(c2ccccc2F)CC1)c1ccc2c(c1)N(Cc1cccc(Cl)c1)C(=O)c1ccccc1[S@]2=O. The summed E-state index contributed by atoms with van der Waals surface area (Å²) >= 11 is 6.23. The highest BCUT2D eigenvalue weighted by Gasteiger charge is 2.31. The van der Waals surface area contributed by atoms with E-state index in [1.807, 2.05) is 24.3 Å².